The molecule has 0 aliphatic heterocycles. The Labute approximate surface area is 255 Å². The number of H-pyrrole nitrogens is 3. The van der Waals surface area contributed by atoms with Crippen LogP contribution >= 0.6 is 90.4 Å². The van der Waals surface area contributed by atoms with E-state index in [1.807, 2.05) is 18.2 Å². The van der Waals surface area contributed by atoms with Crippen molar-refractivity contribution in [3.63, 3.8) is 0 Å². The molecule has 0 saturated heterocycles. The van der Waals surface area contributed by atoms with Crippen LogP contribution in [0, 0.1) is 0 Å². The predicted molar refractivity (Wildman–Crippen MR) is 163 cm³/mol. The summed E-state index contributed by atoms with van der Waals surface area (Å²) in [4.78, 5) is 9.03. The number of phosphoric ester groups is 1. The van der Waals surface area contributed by atoms with Gasteiger partial charge in [0.1, 0.15) is 15.1 Å². The first-order valence-electron chi connectivity index (χ1n) is 10.7. The predicted octanol–water partition coefficient (Wildman–Crippen LogP) is 11.0. The van der Waals surface area contributed by atoms with Crippen molar-refractivity contribution in [2.75, 3.05) is 0 Å². The Morgan fingerprint density at radius 2 is 0.842 bits per heavy atom. The van der Waals surface area contributed by atoms with E-state index < -0.39 is 7.82 Å². The van der Waals surface area contributed by atoms with Crippen LogP contribution in [0.1, 0.15) is 0 Å². The van der Waals surface area contributed by atoms with Gasteiger partial charge in [-0.3, -0.25) is 0 Å². The minimum absolute atomic E-state index is 0.0203. The van der Waals surface area contributed by atoms with Gasteiger partial charge in [-0.05, 0) is 54.6 Å². The number of hydrogen-bond acceptors (Lipinski definition) is 4. The Bertz CT molecular complexity index is 1720. The Balaban J connectivity index is 1.45. The van der Waals surface area contributed by atoms with Crippen molar-refractivity contribution in [2.24, 2.45) is 0 Å². The second-order valence-corrected chi connectivity index (χ2v) is 13.4. The maximum atomic E-state index is 14.3. The molecular formula is C24H12Br3Cl3N3O4P. The number of benzene rings is 3. The highest BCUT2D eigenvalue weighted by molar-refractivity contribution is 9.11. The van der Waals surface area contributed by atoms with Gasteiger partial charge in [0.15, 0.2) is 0 Å². The number of fused-ring (bicyclic) bond motifs is 3. The summed E-state index contributed by atoms with van der Waals surface area (Å²) < 4.78 is 34.2. The summed E-state index contributed by atoms with van der Waals surface area (Å²) in [6.45, 7) is 0. The fourth-order valence-electron chi connectivity index (χ4n) is 3.90. The lowest BCUT2D eigenvalue weighted by atomic mass is 10.2. The molecule has 194 valence electrons. The highest BCUT2D eigenvalue weighted by atomic mass is 79.9. The Kier molecular flexibility index (Phi) is 6.96. The molecule has 0 atom stereocenters. The van der Waals surface area contributed by atoms with Gasteiger partial charge in [0.25, 0.3) is 0 Å². The highest BCUT2D eigenvalue weighted by Crippen LogP contribution is 2.54. The van der Waals surface area contributed by atoms with E-state index in [-0.39, 0.29) is 32.7 Å². The van der Waals surface area contributed by atoms with E-state index >= 15 is 0 Å². The van der Waals surface area contributed by atoms with Gasteiger partial charge in [-0.1, -0.05) is 82.6 Å². The summed E-state index contributed by atoms with van der Waals surface area (Å²) in [6.07, 6.45) is 0. The highest BCUT2D eigenvalue weighted by Gasteiger charge is 2.38. The van der Waals surface area contributed by atoms with Crippen molar-refractivity contribution in [3.05, 3.63) is 83.1 Å². The van der Waals surface area contributed by atoms with Gasteiger partial charge >= 0.3 is 7.82 Å². The average molecular weight is 783 g/mol. The normalized spacial score (nSPS) is 12.1. The third-order valence-corrected chi connectivity index (χ3v) is 9.43. The van der Waals surface area contributed by atoms with E-state index in [0.717, 1.165) is 13.4 Å². The third kappa shape index (κ3) is 4.85. The molecule has 6 aromatic rings. The molecule has 0 bridgehead atoms. The smallest absolute Gasteiger partial charge is 0.368 e. The zero-order chi connectivity index (χ0) is 26.8. The van der Waals surface area contributed by atoms with Crippen LogP contribution in [0.25, 0.3) is 32.7 Å². The largest absolute Gasteiger partial charge is 0.650 e. The van der Waals surface area contributed by atoms with Gasteiger partial charge in [0.05, 0.1) is 0 Å². The molecule has 0 saturated carbocycles. The molecule has 0 radical (unpaired) electrons. The molecular weight excluding hydrogens is 771 g/mol. The van der Waals surface area contributed by atoms with Crippen LogP contribution in [-0.2, 0) is 4.57 Å². The number of hydrogen-bond donors (Lipinski definition) is 3. The van der Waals surface area contributed by atoms with Crippen molar-refractivity contribution >= 4 is 123 Å². The summed E-state index contributed by atoms with van der Waals surface area (Å²) in [5.74, 6) is -0.0610. The molecule has 0 spiro atoms. The number of aromatic amines is 3. The molecule has 6 rings (SSSR count). The standard InChI is InChI=1S/C24H12Br3Cl3N3O4P/c25-10-1-4-16-13(7-10)19(28)22(31-16)35-38(34,36-23-20(29)14-8-11(26)2-5-17(14)32-23)37-24-21(30)15-9-12(27)3-6-18(15)33-24/h1-9,31-33H. The van der Waals surface area contributed by atoms with E-state index in [2.05, 4.69) is 62.7 Å². The number of halogens is 6. The molecule has 0 unspecified atom stereocenters. The summed E-state index contributed by atoms with van der Waals surface area (Å²) in [5, 5.41) is 2.49. The lowest BCUT2D eigenvalue weighted by Gasteiger charge is -2.17. The SMILES string of the molecule is O=P(Oc1[nH]c2ccc(Br)cc2c1Cl)(Oc1[nH]c2ccc(Br)cc2c1Cl)Oc1[nH]c2ccc(Br)cc2c1Cl. The molecule has 0 amide bonds. The molecule has 3 aromatic carbocycles. The van der Waals surface area contributed by atoms with Crippen molar-refractivity contribution < 1.29 is 18.1 Å². The second-order valence-electron chi connectivity index (χ2n) is 8.10. The van der Waals surface area contributed by atoms with Gasteiger partial charge in [-0.15, -0.1) is 0 Å². The summed E-state index contributed by atoms with van der Waals surface area (Å²) in [6, 6.07) is 16.3. The van der Waals surface area contributed by atoms with Gasteiger partial charge in [-0.2, -0.15) is 4.57 Å². The van der Waals surface area contributed by atoms with Gasteiger partial charge in [0, 0.05) is 46.1 Å². The van der Waals surface area contributed by atoms with Crippen LogP contribution in [0.3, 0.4) is 0 Å². The van der Waals surface area contributed by atoms with Crippen LogP contribution in [-0.4, -0.2) is 15.0 Å². The first kappa shape index (κ1) is 26.4. The molecule has 0 fully saturated rings. The summed E-state index contributed by atoms with van der Waals surface area (Å²) in [5.41, 5.74) is 1.96. The monoisotopic (exact) mass is 779 g/mol. The quantitative estimate of drug-likeness (QED) is 0.147. The first-order chi connectivity index (χ1) is 18.1. The fraction of sp³-hybridized carbons (Fsp3) is 0. The Morgan fingerprint density at radius 1 is 0.553 bits per heavy atom. The first-order valence-corrected chi connectivity index (χ1v) is 15.7. The molecule has 3 aromatic heterocycles. The maximum Gasteiger partial charge on any atom is 0.650 e. The number of nitrogens with one attached hydrogen (secondary N) is 3. The second kappa shape index (κ2) is 10.0. The number of aromatic nitrogens is 3. The Morgan fingerprint density at radius 3 is 1.13 bits per heavy atom. The molecule has 38 heavy (non-hydrogen) atoms. The lowest BCUT2D eigenvalue weighted by molar-refractivity contribution is 0.289. The van der Waals surface area contributed by atoms with Gasteiger partial charge < -0.3 is 28.5 Å². The van der Waals surface area contributed by atoms with E-state index in [9.17, 15) is 4.57 Å². The van der Waals surface area contributed by atoms with E-state index in [4.69, 9.17) is 48.4 Å². The van der Waals surface area contributed by atoms with Crippen LogP contribution in [0.2, 0.25) is 15.1 Å². The van der Waals surface area contributed by atoms with Crippen molar-refractivity contribution in [3.8, 4) is 17.6 Å². The van der Waals surface area contributed by atoms with Crippen LogP contribution in [0.15, 0.2) is 68.0 Å². The molecule has 7 nitrogen and oxygen atoms in total. The van der Waals surface area contributed by atoms with Gasteiger partial charge in [-0.25, -0.2) is 0 Å². The molecule has 3 N–H and O–H groups in total. The zero-order valence-electron chi connectivity index (χ0n) is 18.5. The number of phosphoric acid groups is 1. The van der Waals surface area contributed by atoms with E-state index in [0.29, 0.717) is 32.7 Å². The van der Waals surface area contributed by atoms with Crippen LogP contribution < -0.4 is 13.6 Å². The van der Waals surface area contributed by atoms with Crippen LogP contribution in [0.5, 0.6) is 17.6 Å². The van der Waals surface area contributed by atoms with E-state index in [1.54, 1.807) is 36.4 Å². The molecule has 3 heterocycles. The summed E-state index contributed by atoms with van der Waals surface area (Å²) >= 11 is 30.0. The Hall–Kier alpha value is -1.78. The minimum atomic E-state index is -4.55. The van der Waals surface area contributed by atoms with Crippen molar-refractivity contribution in [1.29, 1.82) is 0 Å². The molecule has 14 heteroatoms. The maximum absolute atomic E-state index is 14.3. The molecule has 0 aliphatic rings. The lowest BCUT2D eigenvalue weighted by Crippen LogP contribution is -2.08. The zero-order valence-corrected chi connectivity index (χ0v) is 26.5. The summed E-state index contributed by atoms with van der Waals surface area (Å²) in [7, 11) is -4.55. The van der Waals surface area contributed by atoms with Crippen LogP contribution in [0.4, 0.5) is 0 Å². The van der Waals surface area contributed by atoms with Crippen molar-refractivity contribution in [2.45, 2.75) is 0 Å². The number of rotatable bonds is 6. The third-order valence-electron chi connectivity index (χ3n) is 5.61. The molecule has 0 aliphatic carbocycles. The minimum Gasteiger partial charge on any atom is -0.368 e. The average Bonchev–Trinajstić information content (AvgIpc) is 3.45. The fourth-order valence-corrected chi connectivity index (χ4v) is 7.06. The topological polar surface area (TPSA) is 92.1 Å². The van der Waals surface area contributed by atoms with Gasteiger partial charge in [0.2, 0.25) is 17.6 Å². The van der Waals surface area contributed by atoms with E-state index in [1.165, 1.54) is 0 Å². The van der Waals surface area contributed by atoms with Crippen molar-refractivity contribution in [1.82, 2.24) is 15.0 Å².